The summed E-state index contributed by atoms with van der Waals surface area (Å²) in [7, 11) is 3.91. The zero-order chi connectivity index (χ0) is 29.9. The Kier molecular flexibility index (Phi) is 7.99. The third-order valence-corrected chi connectivity index (χ3v) is 7.79. The van der Waals surface area contributed by atoms with Crippen molar-refractivity contribution < 1.29 is 23.5 Å². The molecular weight excluding hydrogens is 550 g/mol. The predicted octanol–water partition coefficient (Wildman–Crippen LogP) is 3.87. The van der Waals surface area contributed by atoms with Crippen molar-refractivity contribution in [3.63, 3.8) is 0 Å². The Morgan fingerprint density at radius 1 is 1.02 bits per heavy atom. The molecule has 1 saturated carbocycles. The quantitative estimate of drug-likeness (QED) is 0.295. The Morgan fingerprint density at radius 3 is 2.51 bits per heavy atom. The average molecular weight is 586 g/mol. The number of fused-ring (bicyclic) bond motifs is 1. The smallest absolute Gasteiger partial charge is 0.247 e. The van der Waals surface area contributed by atoms with Crippen molar-refractivity contribution >= 4 is 17.5 Å². The molecule has 1 fully saturated rings. The molecule has 43 heavy (non-hydrogen) atoms. The van der Waals surface area contributed by atoms with Crippen molar-refractivity contribution in [3.8, 4) is 23.1 Å². The van der Waals surface area contributed by atoms with Crippen LogP contribution >= 0.6 is 0 Å². The molecule has 2 aromatic heterocycles. The minimum absolute atomic E-state index is 0.0786. The highest BCUT2D eigenvalue weighted by Crippen LogP contribution is 2.34. The van der Waals surface area contributed by atoms with E-state index in [2.05, 4.69) is 20.7 Å². The number of aromatic nitrogens is 4. The lowest BCUT2D eigenvalue weighted by Gasteiger charge is -2.32. The van der Waals surface area contributed by atoms with E-state index in [1.54, 1.807) is 11.0 Å². The summed E-state index contributed by atoms with van der Waals surface area (Å²) in [5.41, 5.74) is 2.48. The summed E-state index contributed by atoms with van der Waals surface area (Å²) in [5.74, 6) is 2.12. The molecule has 0 saturated heterocycles. The van der Waals surface area contributed by atoms with E-state index in [4.69, 9.17) is 13.9 Å². The van der Waals surface area contributed by atoms with E-state index in [0.717, 1.165) is 36.9 Å². The first-order chi connectivity index (χ1) is 20.8. The van der Waals surface area contributed by atoms with Gasteiger partial charge in [0, 0.05) is 32.4 Å². The van der Waals surface area contributed by atoms with Crippen LogP contribution in [0.3, 0.4) is 0 Å². The molecule has 6 rings (SSSR count). The Hall–Kier alpha value is -4.87. The molecule has 1 aliphatic heterocycles. The highest BCUT2D eigenvalue weighted by molar-refractivity contribution is 5.89. The lowest BCUT2D eigenvalue weighted by atomic mass is 10.0. The van der Waals surface area contributed by atoms with Crippen LogP contribution in [-0.4, -0.2) is 63.9 Å². The fraction of sp³-hybridized carbons (Fsp3) is 0.387. The number of hydrogen-bond donors (Lipinski definition) is 1. The number of nitrogens with zero attached hydrogens (tertiary/aromatic N) is 6. The number of carbonyl (C=O) groups is 2. The van der Waals surface area contributed by atoms with E-state index in [-0.39, 0.29) is 43.6 Å². The standard InChI is InChI=1S/C31H35N7O5/c1-20-8-14-26(43-20)30-33-35-38(34-30)18-28(39)37(17-21-9-15-25-27(16-21)42-19-41-25)29(31(40)32-23-6-4-5-7-23)22-10-12-24(13-11-22)36(2)3/h8-16,23,29H,4-7,17-19H2,1-3H3,(H,32,40)/t29-/m0/s1. The van der Waals surface area contributed by atoms with Gasteiger partial charge in [0.2, 0.25) is 24.4 Å². The third kappa shape index (κ3) is 6.32. The second-order valence-corrected chi connectivity index (χ2v) is 11.1. The summed E-state index contributed by atoms with van der Waals surface area (Å²) < 4.78 is 16.7. The summed E-state index contributed by atoms with van der Waals surface area (Å²) in [6.07, 6.45) is 3.99. The minimum atomic E-state index is -0.898. The van der Waals surface area contributed by atoms with Gasteiger partial charge in [-0.1, -0.05) is 31.0 Å². The van der Waals surface area contributed by atoms with Gasteiger partial charge in [-0.15, -0.1) is 10.2 Å². The topological polar surface area (TPSA) is 128 Å². The maximum Gasteiger partial charge on any atom is 0.247 e. The molecular formula is C31H35N7O5. The number of aryl methyl sites for hydroxylation is 1. The van der Waals surface area contributed by atoms with E-state index in [0.29, 0.717) is 28.6 Å². The molecule has 1 atom stereocenters. The predicted molar refractivity (Wildman–Crippen MR) is 157 cm³/mol. The number of hydrogen-bond acceptors (Lipinski definition) is 9. The van der Waals surface area contributed by atoms with Crippen molar-refractivity contribution in [3.05, 3.63) is 71.5 Å². The Morgan fingerprint density at radius 2 is 1.79 bits per heavy atom. The van der Waals surface area contributed by atoms with Crippen LogP contribution in [-0.2, 0) is 22.7 Å². The molecule has 4 aromatic rings. The number of amides is 2. The first kappa shape index (κ1) is 28.3. The van der Waals surface area contributed by atoms with E-state index in [1.165, 1.54) is 4.80 Å². The lowest BCUT2D eigenvalue weighted by molar-refractivity contribution is -0.142. The van der Waals surface area contributed by atoms with Crippen LogP contribution in [0.5, 0.6) is 11.5 Å². The van der Waals surface area contributed by atoms with E-state index < -0.39 is 6.04 Å². The molecule has 2 aliphatic rings. The summed E-state index contributed by atoms with van der Waals surface area (Å²) in [6.45, 7) is 1.89. The number of benzene rings is 2. The third-order valence-electron chi connectivity index (χ3n) is 7.79. The molecule has 0 bridgehead atoms. The largest absolute Gasteiger partial charge is 0.458 e. The normalized spacial score (nSPS) is 15.0. The van der Waals surface area contributed by atoms with Gasteiger partial charge < -0.3 is 29.0 Å². The second-order valence-electron chi connectivity index (χ2n) is 11.1. The van der Waals surface area contributed by atoms with Gasteiger partial charge >= 0.3 is 0 Å². The summed E-state index contributed by atoms with van der Waals surface area (Å²) >= 11 is 0. The van der Waals surface area contributed by atoms with Crippen LogP contribution in [0, 0.1) is 6.92 Å². The van der Waals surface area contributed by atoms with Crippen molar-refractivity contribution in [2.24, 2.45) is 0 Å². The molecule has 12 heteroatoms. The molecule has 0 unspecified atom stereocenters. The lowest BCUT2D eigenvalue weighted by Crippen LogP contribution is -2.46. The Balaban J connectivity index is 1.34. The number of rotatable bonds is 10. The van der Waals surface area contributed by atoms with Gasteiger partial charge in [-0.2, -0.15) is 4.80 Å². The summed E-state index contributed by atoms with van der Waals surface area (Å²) in [5, 5.41) is 15.8. The van der Waals surface area contributed by atoms with Crippen molar-refractivity contribution in [2.45, 2.75) is 57.8 Å². The molecule has 2 aromatic carbocycles. The first-order valence-corrected chi connectivity index (χ1v) is 14.4. The van der Waals surface area contributed by atoms with Crippen molar-refractivity contribution in [1.29, 1.82) is 0 Å². The van der Waals surface area contributed by atoms with Gasteiger partial charge in [0.25, 0.3) is 0 Å². The van der Waals surface area contributed by atoms with Crippen LogP contribution in [0.15, 0.2) is 59.0 Å². The fourth-order valence-corrected chi connectivity index (χ4v) is 5.51. The molecule has 0 radical (unpaired) electrons. The zero-order valence-electron chi connectivity index (χ0n) is 24.5. The van der Waals surface area contributed by atoms with Crippen LogP contribution in [0.2, 0.25) is 0 Å². The van der Waals surface area contributed by atoms with Gasteiger partial charge in [0.15, 0.2) is 17.3 Å². The van der Waals surface area contributed by atoms with E-state index in [9.17, 15) is 9.59 Å². The number of carbonyl (C=O) groups excluding carboxylic acids is 2. The molecule has 1 aliphatic carbocycles. The molecule has 12 nitrogen and oxygen atoms in total. The molecule has 224 valence electrons. The van der Waals surface area contributed by atoms with Crippen molar-refractivity contribution in [1.82, 2.24) is 30.4 Å². The zero-order valence-corrected chi connectivity index (χ0v) is 24.5. The molecule has 0 spiro atoms. The van der Waals surface area contributed by atoms with Gasteiger partial charge in [0.1, 0.15) is 18.3 Å². The van der Waals surface area contributed by atoms with E-state index >= 15 is 0 Å². The van der Waals surface area contributed by atoms with Crippen molar-refractivity contribution in [2.75, 3.05) is 25.8 Å². The van der Waals surface area contributed by atoms with Gasteiger partial charge in [-0.3, -0.25) is 9.59 Å². The van der Waals surface area contributed by atoms with Gasteiger partial charge in [-0.05, 0) is 72.5 Å². The number of tetrazole rings is 1. The number of furan rings is 1. The van der Waals surface area contributed by atoms with Crippen LogP contribution in [0.25, 0.3) is 11.6 Å². The first-order valence-electron chi connectivity index (χ1n) is 14.4. The molecule has 3 heterocycles. The number of nitrogens with one attached hydrogen (secondary N) is 1. The van der Waals surface area contributed by atoms with Gasteiger partial charge in [0.05, 0.1) is 0 Å². The van der Waals surface area contributed by atoms with Crippen LogP contribution in [0.4, 0.5) is 5.69 Å². The highest BCUT2D eigenvalue weighted by Gasteiger charge is 2.34. The SMILES string of the molecule is Cc1ccc(-c2nnn(CC(=O)N(Cc3ccc4c(c3)OCO4)[C@H](C(=O)NC3CCCC3)c3ccc(N(C)C)cc3)n2)o1. The van der Waals surface area contributed by atoms with Gasteiger partial charge in [-0.25, -0.2) is 0 Å². The summed E-state index contributed by atoms with van der Waals surface area (Å²) in [4.78, 5) is 33.0. The van der Waals surface area contributed by atoms with Crippen LogP contribution < -0.4 is 19.7 Å². The van der Waals surface area contributed by atoms with Crippen LogP contribution in [0.1, 0.15) is 48.6 Å². The Labute approximate surface area is 249 Å². The molecule has 2 amide bonds. The maximum absolute atomic E-state index is 14.2. The number of anilines is 1. The fourth-order valence-electron chi connectivity index (χ4n) is 5.51. The highest BCUT2D eigenvalue weighted by atomic mass is 16.7. The Bertz CT molecular complexity index is 1590. The summed E-state index contributed by atoms with van der Waals surface area (Å²) in [6, 6.07) is 16.0. The average Bonchev–Trinajstić information content (AvgIpc) is 3.81. The monoisotopic (exact) mass is 585 g/mol. The number of ether oxygens (including phenoxy) is 2. The second kappa shape index (κ2) is 12.2. The maximum atomic E-state index is 14.2. The minimum Gasteiger partial charge on any atom is -0.458 e. The van der Waals surface area contributed by atoms with E-state index in [1.807, 2.05) is 74.4 Å². The molecule has 1 N–H and O–H groups in total.